The molecule has 0 aromatic heterocycles. The first-order chi connectivity index (χ1) is 16.1. The number of nitrogens with two attached hydrogens (primary N) is 1. The summed E-state index contributed by atoms with van der Waals surface area (Å²) in [6, 6.07) is 0. The van der Waals surface area contributed by atoms with Gasteiger partial charge in [-0.05, 0) is 110 Å². The second kappa shape index (κ2) is 10.3. The van der Waals surface area contributed by atoms with Gasteiger partial charge in [-0.25, -0.2) is 4.79 Å². The van der Waals surface area contributed by atoms with Gasteiger partial charge in [-0.2, -0.15) is 0 Å². The highest BCUT2D eigenvalue weighted by molar-refractivity contribution is 5.88. The van der Waals surface area contributed by atoms with Crippen LogP contribution < -0.4 is 5.73 Å². The summed E-state index contributed by atoms with van der Waals surface area (Å²) in [6.45, 7) is 16.6. The summed E-state index contributed by atoms with van der Waals surface area (Å²) < 4.78 is 5.83. The Hall–Kier alpha value is -0.830. The maximum absolute atomic E-state index is 12.3. The van der Waals surface area contributed by atoms with E-state index < -0.39 is 0 Å². The highest BCUT2D eigenvalue weighted by Crippen LogP contribution is 2.68. The van der Waals surface area contributed by atoms with Gasteiger partial charge in [0.2, 0.25) is 0 Å². The van der Waals surface area contributed by atoms with Crippen molar-refractivity contribution in [2.75, 3.05) is 6.54 Å². The van der Waals surface area contributed by atoms with Crippen LogP contribution in [-0.4, -0.2) is 18.6 Å². The van der Waals surface area contributed by atoms with E-state index in [1.54, 1.807) is 0 Å². The summed E-state index contributed by atoms with van der Waals surface area (Å²) in [5, 5.41) is 0. The van der Waals surface area contributed by atoms with Crippen molar-refractivity contribution in [1.82, 2.24) is 0 Å². The second-order valence-corrected chi connectivity index (χ2v) is 13.8. The van der Waals surface area contributed by atoms with Crippen LogP contribution in [-0.2, 0) is 9.53 Å². The highest BCUT2D eigenvalue weighted by Gasteiger charge is 2.60. The summed E-state index contributed by atoms with van der Waals surface area (Å²) in [5.41, 5.74) is 6.99. The predicted octanol–water partition coefficient (Wildman–Crippen LogP) is 7.53. The lowest BCUT2D eigenvalue weighted by Gasteiger charge is -2.61. The van der Waals surface area contributed by atoms with Crippen LogP contribution in [0.25, 0.3) is 0 Å². The molecule has 3 nitrogen and oxygen atoms in total. The third-order valence-electron chi connectivity index (χ3n) is 11.6. The van der Waals surface area contributed by atoms with Gasteiger partial charge >= 0.3 is 5.97 Å². The lowest BCUT2D eigenvalue weighted by Crippen LogP contribution is -2.54. The molecule has 4 fully saturated rings. The molecule has 194 valence electrons. The molecule has 0 heterocycles. The molecule has 9 atom stereocenters. The van der Waals surface area contributed by atoms with Crippen molar-refractivity contribution in [3.8, 4) is 0 Å². The van der Waals surface area contributed by atoms with E-state index in [4.69, 9.17) is 10.5 Å². The Morgan fingerprint density at radius 2 is 1.68 bits per heavy atom. The Morgan fingerprint density at radius 3 is 2.38 bits per heavy atom. The average Bonchev–Trinajstić information content (AvgIpc) is 3.15. The molecular weight excluding hydrogens is 418 g/mol. The van der Waals surface area contributed by atoms with Crippen LogP contribution in [0.2, 0.25) is 0 Å². The van der Waals surface area contributed by atoms with E-state index in [1.165, 1.54) is 64.2 Å². The quantitative estimate of drug-likeness (QED) is 0.294. The molecule has 0 bridgehead atoms. The monoisotopic (exact) mass is 471 g/mol. The van der Waals surface area contributed by atoms with Crippen LogP contribution in [0.4, 0.5) is 0 Å². The molecular formula is C31H53NO2. The van der Waals surface area contributed by atoms with Crippen LogP contribution in [0.1, 0.15) is 112 Å². The molecule has 3 heteroatoms. The maximum atomic E-state index is 12.3. The van der Waals surface area contributed by atoms with Crippen molar-refractivity contribution >= 4 is 5.97 Å². The van der Waals surface area contributed by atoms with E-state index in [2.05, 4.69) is 41.2 Å². The minimum absolute atomic E-state index is 0.0573. The van der Waals surface area contributed by atoms with E-state index in [9.17, 15) is 4.79 Å². The molecule has 4 aliphatic carbocycles. The number of carbonyl (C=O) groups excluding carboxylic acids is 1. The maximum Gasteiger partial charge on any atom is 0.334 e. The normalized spacial score (nSPS) is 42.4. The van der Waals surface area contributed by atoms with Crippen LogP contribution in [0.3, 0.4) is 0 Å². The lowest BCUT2D eigenvalue weighted by atomic mass is 9.44. The number of hydrogen-bond acceptors (Lipinski definition) is 3. The second-order valence-electron chi connectivity index (χ2n) is 13.8. The lowest BCUT2D eigenvalue weighted by molar-refractivity contribution is -0.159. The number of ether oxygens (including phenoxy) is 1. The Morgan fingerprint density at radius 1 is 0.971 bits per heavy atom. The predicted molar refractivity (Wildman–Crippen MR) is 141 cm³/mol. The SMILES string of the molecule is C=C(CN)C(=O)O[C@H]1CC[C@@]2(C)[C@@H](CC[C@@H]3[C@@H]2CC[C@]2(C)[C@@H]([C@H](C)CCCC(C)C)CC[C@@H]32)C1. The van der Waals surface area contributed by atoms with Gasteiger partial charge in [0.1, 0.15) is 6.10 Å². The zero-order valence-corrected chi connectivity index (χ0v) is 22.9. The minimum Gasteiger partial charge on any atom is -0.459 e. The molecule has 0 saturated heterocycles. The fourth-order valence-electron chi connectivity index (χ4n) is 9.67. The molecule has 0 radical (unpaired) electrons. The molecule has 0 amide bonds. The first-order valence-electron chi connectivity index (χ1n) is 14.7. The van der Waals surface area contributed by atoms with Gasteiger partial charge < -0.3 is 10.5 Å². The van der Waals surface area contributed by atoms with Gasteiger partial charge in [0.25, 0.3) is 0 Å². The topological polar surface area (TPSA) is 52.3 Å². The molecule has 4 aliphatic rings. The van der Waals surface area contributed by atoms with Crippen molar-refractivity contribution in [2.24, 2.45) is 58.0 Å². The summed E-state index contributed by atoms with van der Waals surface area (Å²) in [4.78, 5) is 12.3. The van der Waals surface area contributed by atoms with Crippen LogP contribution in [0, 0.1) is 52.3 Å². The van der Waals surface area contributed by atoms with Crippen molar-refractivity contribution in [2.45, 2.75) is 118 Å². The Balaban J connectivity index is 1.40. The molecule has 2 N–H and O–H groups in total. The molecule has 4 saturated carbocycles. The molecule has 0 spiro atoms. The van der Waals surface area contributed by atoms with E-state index in [0.717, 1.165) is 48.3 Å². The minimum atomic E-state index is -0.280. The van der Waals surface area contributed by atoms with Crippen molar-refractivity contribution in [1.29, 1.82) is 0 Å². The molecule has 0 aromatic carbocycles. The van der Waals surface area contributed by atoms with Crippen molar-refractivity contribution in [3.05, 3.63) is 12.2 Å². The standard InChI is InChI=1S/C31H53NO2/c1-20(2)8-7-9-21(3)26-12-13-27-25-11-10-23-18-24(34-29(33)22(4)19-32)14-16-30(23,5)28(25)15-17-31(26,27)6/h20-21,23-28H,4,7-19,32H2,1-3,5-6H3/t21-,23+,24+,25+,26-,27+,28+,30+,31-/m1/s1. The van der Waals surface area contributed by atoms with E-state index in [0.29, 0.717) is 22.3 Å². The Bertz CT molecular complexity index is 746. The first-order valence-corrected chi connectivity index (χ1v) is 14.7. The van der Waals surface area contributed by atoms with Gasteiger partial charge in [0, 0.05) is 12.1 Å². The fraction of sp³-hybridized carbons (Fsp3) is 0.903. The summed E-state index contributed by atoms with van der Waals surface area (Å²) in [6.07, 6.45) is 16.1. The van der Waals surface area contributed by atoms with E-state index >= 15 is 0 Å². The number of hydrogen-bond donors (Lipinski definition) is 1. The van der Waals surface area contributed by atoms with Gasteiger partial charge in [0.05, 0.1) is 0 Å². The molecule has 0 aromatic rings. The van der Waals surface area contributed by atoms with Gasteiger partial charge in [-0.1, -0.05) is 60.5 Å². The third kappa shape index (κ3) is 4.76. The summed E-state index contributed by atoms with van der Waals surface area (Å²) >= 11 is 0. The van der Waals surface area contributed by atoms with Crippen molar-refractivity contribution < 1.29 is 9.53 Å². The molecule has 34 heavy (non-hydrogen) atoms. The summed E-state index contributed by atoms with van der Waals surface area (Å²) in [5.74, 6) is 5.79. The van der Waals surface area contributed by atoms with Gasteiger partial charge in [-0.3, -0.25) is 0 Å². The van der Waals surface area contributed by atoms with Crippen molar-refractivity contribution in [3.63, 3.8) is 0 Å². The Labute approximate surface area is 210 Å². The number of carbonyl (C=O) groups is 1. The molecule has 4 rings (SSSR count). The van der Waals surface area contributed by atoms with Gasteiger partial charge in [0.15, 0.2) is 0 Å². The zero-order chi connectivity index (χ0) is 24.7. The number of esters is 1. The highest BCUT2D eigenvalue weighted by atomic mass is 16.5. The van der Waals surface area contributed by atoms with Crippen LogP contribution in [0.15, 0.2) is 12.2 Å². The zero-order valence-electron chi connectivity index (χ0n) is 22.9. The number of fused-ring (bicyclic) bond motifs is 5. The largest absolute Gasteiger partial charge is 0.459 e. The Kier molecular flexibility index (Phi) is 7.92. The number of rotatable bonds is 8. The van der Waals surface area contributed by atoms with E-state index in [1.807, 2.05) is 0 Å². The van der Waals surface area contributed by atoms with Crippen LogP contribution >= 0.6 is 0 Å². The fourth-order valence-corrected chi connectivity index (χ4v) is 9.67. The first kappa shape index (κ1) is 26.2. The molecule has 0 aliphatic heterocycles. The van der Waals surface area contributed by atoms with E-state index in [-0.39, 0.29) is 18.6 Å². The van der Waals surface area contributed by atoms with Crippen LogP contribution in [0.5, 0.6) is 0 Å². The smallest absolute Gasteiger partial charge is 0.334 e. The average molecular weight is 472 g/mol. The molecule has 0 unspecified atom stereocenters. The summed E-state index contributed by atoms with van der Waals surface area (Å²) in [7, 11) is 0. The van der Waals surface area contributed by atoms with Gasteiger partial charge in [-0.15, -0.1) is 0 Å². The third-order valence-corrected chi connectivity index (χ3v) is 11.6.